The lowest BCUT2D eigenvalue weighted by Crippen LogP contribution is -2.30. The van der Waals surface area contributed by atoms with Crippen molar-refractivity contribution in [3.8, 4) is 0 Å². The minimum Gasteiger partial charge on any atom is -0.229 e. The maximum atomic E-state index is 2.39. The van der Waals surface area contributed by atoms with Crippen LogP contribution in [0.25, 0.3) is 0 Å². The first kappa shape index (κ1) is 12.1. The number of allylic oxidation sites excluding steroid dienone is 1. The lowest BCUT2D eigenvalue weighted by Gasteiger charge is -2.18. The molecule has 1 nitrogen and oxygen atoms in total. The minimum absolute atomic E-state index is 0.593. The summed E-state index contributed by atoms with van der Waals surface area (Å²) in [7, 11) is 2.20. The molecule has 1 aliphatic heterocycles. The molecule has 17 heavy (non-hydrogen) atoms. The van der Waals surface area contributed by atoms with Crippen molar-refractivity contribution in [1.29, 1.82) is 0 Å². The summed E-state index contributed by atoms with van der Waals surface area (Å²) in [5.41, 5.74) is 6.90. The van der Waals surface area contributed by atoms with Crippen molar-refractivity contribution in [2.24, 2.45) is 0 Å². The zero-order valence-corrected chi connectivity index (χ0v) is 11.5. The highest BCUT2D eigenvalue weighted by atomic mass is 15.0. The monoisotopic (exact) mass is 228 g/mol. The van der Waals surface area contributed by atoms with Crippen molar-refractivity contribution < 1.29 is 4.58 Å². The van der Waals surface area contributed by atoms with Crippen LogP contribution in [0.1, 0.15) is 37.0 Å². The van der Waals surface area contributed by atoms with Crippen LogP contribution in [0.2, 0.25) is 0 Å². The highest BCUT2D eigenvalue weighted by molar-refractivity contribution is 6.07. The molecule has 1 atom stereocenters. The molecule has 0 saturated heterocycles. The smallest absolute Gasteiger partial charge is 0.207 e. The van der Waals surface area contributed by atoms with Crippen LogP contribution in [0, 0.1) is 13.8 Å². The first-order chi connectivity index (χ1) is 7.99. The van der Waals surface area contributed by atoms with E-state index in [0.717, 1.165) is 0 Å². The molecule has 0 N–H and O–H groups in total. The quantitative estimate of drug-likeness (QED) is 0.647. The van der Waals surface area contributed by atoms with Gasteiger partial charge in [-0.25, -0.2) is 4.58 Å². The Kier molecular flexibility index (Phi) is 3.19. The van der Waals surface area contributed by atoms with Gasteiger partial charge in [-0.05, 0) is 39.3 Å². The molecule has 0 bridgehead atoms. The largest absolute Gasteiger partial charge is 0.229 e. The second-order valence-electron chi connectivity index (χ2n) is 5.36. The molecule has 0 aliphatic carbocycles. The first-order valence-electron chi connectivity index (χ1n) is 6.33. The van der Waals surface area contributed by atoms with Crippen LogP contribution >= 0.6 is 0 Å². The van der Waals surface area contributed by atoms with Gasteiger partial charge >= 0.3 is 0 Å². The predicted molar refractivity (Wildman–Crippen MR) is 74.0 cm³/mol. The van der Waals surface area contributed by atoms with E-state index in [1.807, 2.05) is 0 Å². The fraction of sp³-hybridized carbons (Fsp3) is 0.438. The van der Waals surface area contributed by atoms with Gasteiger partial charge in [-0.3, -0.25) is 0 Å². The van der Waals surface area contributed by atoms with Gasteiger partial charge < -0.3 is 0 Å². The van der Waals surface area contributed by atoms with Gasteiger partial charge in [0.1, 0.15) is 7.05 Å². The zero-order valence-electron chi connectivity index (χ0n) is 11.5. The molecule has 1 unspecified atom stereocenters. The first-order valence-corrected chi connectivity index (χ1v) is 6.33. The van der Waals surface area contributed by atoms with Gasteiger partial charge in [0.2, 0.25) is 5.71 Å². The summed E-state index contributed by atoms with van der Waals surface area (Å²) in [6.45, 7) is 8.87. The van der Waals surface area contributed by atoms with Crippen LogP contribution in [-0.4, -0.2) is 23.4 Å². The average Bonchev–Trinajstić information content (AvgIpc) is 2.24. The Hall–Kier alpha value is -1.37. The molecule has 1 heterocycles. The molecule has 1 aromatic rings. The van der Waals surface area contributed by atoms with E-state index in [4.69, 9.17) is 0 Å². The molecule has 1 aromatic carbocycles. The molecule has 1 heteroatoms. The summed E-state index contributed by atoms with van der Waals surface area (Å²) in [6, 6.07) is 7.30. The van der Waals surface area contributed by atoms with E-state index >= 15 is 0 Å². The number of hydrogen-bond donors (Lipinski definition) is 0. The molecule has 0 amide bonds. The van der Waals surface area contributed by atoms with Crippen molar-refractivity contribution in [2.45, 2.75) is 40.2 Å². The summed E-state index contributed by atoms with van der Waals surface area (Å²) in [5.74, 6) is 0. The highest BCUT2D eigenvalue weighted by Gasteiger charge is 2.24. The van der Waals surface area contributed by atoms with Crippen molar-refractivity contribution >= 4 is 5.71 Å². The van der Waals surface area contributed by atoms with E-state index in [1.54, 1.807) is 0 Å². The van der Waals surface area contributed by atoms with Gasteiger partial charge in [-0.15, -0.1) is 0 Å². The van der Waals surface area contributed by atoms with Crippen LogP contribution in [-0.2, 0) is 0 Å². The van der Waals surface area contributed by atoms with Crippen molar-refractivity contribution in [2.75, 3.05) is 7.05 Å². The molecule has 0 aromatic heterocycles. The fourth-order valence-corrected chi connectivity index (χ4v) is 2.60. The summed E-state index contributed by atoms with van der Waals surface area (Å²) >= 11 is 0. The van der Waals surface area contributed by atoms with E-state index in [9.17, 15) is 0 Å². The number of nitrogens with zero attached hydrogens (tertiary/aromatic N) is 1. The Morgan fingerprint density at radius 2 is 1.88 bits per heavy atom. The Morgan fingerprint density at radius 3 is 2.53 bits per heavy atom. The van der Waals surface area contributed by atoms with Gasteiger partial charge in [0, 0.05) is 18.1 Å². The summed E-state index contributed by atoms with van der Waals surface area (Å²) in [4.78, 5) is 0. The zero-order chi connectivity index (χ0) is 12.6. The number of rotatable bonds is 1. The van der Waals surface area contributed by atoms with Crippen LogP contribution in [0.15, 0.2) is 29.8 Å². The molecule has 2 rings (SSSR count). The van der Waals surface area contributed by atoms with E-state index in [1.165, 1.54) is 34.4 Å². The maximum Gasteiger partial charge on any atom is 0.207 e. The van der Waals surface area contributed by atoms with Crippen LogP contribution in [0.5, 0.6) is 0 Å². The minimum atomic E-state index is 0.593. The van der Waals surface area contributed by atoms with Crippen molar-refractivity contribution in [3.05, 3.63) is 46.5 Å². The number of hydrogen-bond acceptors (Lipinski definition) is 0. The topological polar surface area (TPSA) is 3.01 Å². The molecular weight excluding hydrogens is 206 g/mol. The van der Waals surface area contributed by atoms with E-state index < -0.39 is 0 Å². The highest BCUT2D eigenvalue weighted by Crippen LogP contribution is 2.19. The number of benzene rings is 1. The Balaban J connectivity index is 2.56. The molecule has 0 fully saturated rings. The van der Waals surface area contributed by atoms with Crippen molar-refractivity contribution in [3.63, 3.8) is 0 Å². The van der Waals surface area contributed by atoms with Gasteiger partial charge in [-0.2, -0.15) is 0 Å². The van der Waals surface area contributed by atoms with Crippen molar-refractivity contribution in [1.82, 2.24) is 0 Å². The predicted octanol–water partition coefficient (Wildman–Crippen LogP) is 3.47. The van der Waals surface area contributed by atoms with Crippen LogP contribution in [0.4, 0.5) is 0 Å². The van der Waals surface area contributed by atoms with Gasteiger partial charge in [-0.1, -0.05) is 23.3 Å². The maximum absolute atomic E-state index is 2.39. The van der Waals surface area contributed by atoms with E-state index in [0.29, 0.717) is 6.04 Å². The molecule has 0 spiro atoms. The van der Waals surface area contributed by atoms with Crippen LogP contribution < -0.4 is 0 Å². The summed E-state index contributed by atoms with van der Waals surface area (Å²) in [5, 5.41) is 0. The van der Waals surface area contributed by atoms with Gasteiger partial charge in [0.15, 0.2) is 6.04 Å². The standard InChI is InChI=1S/C16H22N/c1-11-6-7-15(13(3)8-11)16-10-12(2)9-14(4)17(16)5/h6-8,10,14H,9H2,1-5H3/q+1. The third kappa shape index (κ3) is 2.33. The normalized spacial score (nSPS) is 20.5. The molecule has 0 radical (unpaired) electrons. The molecular formula is C16H22N+. The lowest BCUT2D eigenvalue weighted by atomic mass is 9.95. The summed E-state index contributed by atoms with van der Waals surface area (Å²) < 4.78 is 2.39. The third-order valence-corrected chi connectivity index (χ3v) is 3.70. The second kappa shape index (κ2) is 4.48. The van der Waals surface area contributed by atoms with E-state index in [2.05, 4.69) is 63.6 Å². The third-order valence-electron chi connectivity index (χ3n) is 3.70. The lowest BCUT2D eigenvalue weighted by molar-refractivity contribution is -0.533. The SMILES string of the molecule is CC1=CC(c2ccc(C)cc2C)=[N+](C)C(C)C1. The second-order valence-corrected chi connectivity index (χ2v) is 5.36. The Labute approximate surface area is 104 Å². The van der Waals surface area contributed by atoms with Crippen LogP contribution in [0.3, 0.4) is 0 Å². The molecule has 1 aliphatic rings. The Morgan fingerprint density at radius 1 is 1.18 bits per heavy atom. The van der Waals surface area contributed by atoms with E-state index in [-0.39, 0.29) is 0 Å². The number of aryl methyl sites for hydroxylation is 2. The molecule has 90 valence electrons. The van der Waals surface area contributed by atoms with Gasteiger partial charge in [0.25, 0.3) is 0 Å². The Bertz CT molecular complexity index is 506. The fourth-order valence-electron chi connectivity index (χ4n) is 2.60. The summed E-state index contributed by atoms with van der Waals surface area (Å²) in [6.07, 6.45) is 3.50. The molecule has 0 saturated carbocycles. The van der Waals surface area contributed by atoms with Gasteiger partial charge in [0.05, 0.1) is 0 Å². The average molecular weight is 228 g/mol.